The average Bonchev–Trinajstić information content (AvgIpc) is 3.74. The summed E-state index contributed by atoms with van der Waals surface area (Å²) in [5.74, 6) is -2.18. The van der Waals surface area contributed by atoms with Gasteiger partial charge < -0.3 is 39.4 Å². The molecule has 2 aliphatic heterocycles. The lowest BCUT2D eigenvalue weighted by atomic mass is 9.52. The molecule has 4 fully saturated rings. The number of benzene rings is 3. The van der Waals surface area contributed by atoms with Crippen LogP contribution >= 0.6 is 0 Å². The number of esters is 2. The van der Waals surface area contributed by atoms with Crippen molar-refractivity contribution in [2.75, 3.05) is 13.2 Å². The fourth-order valence-electron chi connectivity index (χ4n) is 10.6. The van der Waals surface area contributed by atoms with Crippen LogP contribution in [0.1, 0.15) is 126 Å². The summed E-state index contributed by atoms with van der Waals surface area (Å²) in [6, 6.07) is 26.1. The van der Waals surface area contributed by atoms with Crippen molar-refractivity contribution in [2.45, 2.75) is 147 Å². The highest BCUT2D eigenvalue weighted by Crippen LogP contribution is 2.60. The minimum atomic E-state index is -1.37. The van der Waals surface area contributed by atoms with Crippen LogP contribution in [0.2, 0.25) is 0 Å². The number of rotatable bonds is 14. The summed E-state index contributed by atoms with van der Waals surface area (Å²) in [5.41, 5.74) is 3.95. The Balaban J connectivity index is 1.01. The van der Waals surface area contributed by atoms with Gasteiger partial charge in [-0.05, 0) is 101 Å². The highest BCUT2D eigenvalue weighted by atomic mass is 16.8. The van der Waals surface area contributed by atoms with Crippen molar-refractivity contribution < 1.29 is 48.0 Å². The summed E-state index contributed by atoms with van der Waals surface area (Å²) >= 11 is 0. The molecule has 0 aromatic heterocycles. The van der Waals surface area contributed by atoms with Gasteiger partial charge in [0.1, 0.15) is 23.9 Å². The van der Waals surface area contributed by atoms with E-state index in [9.17, 15) is 24.3 Å². The van der Waals surface area contributed by atoms with E-state index in [1.807, 2.05) is 78.9 Å². The van der Waals surface area contributed by atoms with E-state index >= 15 is 0 Å². The average molecular weight is 903 g/mol. The second-order valence-electron chi connectivity index (χ2n) is 20.6. The molecular weight excluding hydrogens is 837 g/mol. The van der Waals surface area contributed by atoms with Crippen LogP contribution in [0.3, 0.4) is 0 Å². The molecular formula is C54H66N2O10. The van der Waals surface area contributed by atoms with Gasteiger partial charge in [0.2, 0.25) is 17.6 Å². The molecule has 0 spiro atoms. The molecule has 3 aromatic rings. The Hall–Kier alpha value is -5.14. The molecule has 66 heavy (non-hydrogen) atoms. The number of hydrogen-bond donors (Lipinski definition) is 3. The van der Waals surface area contributed by atoms with E-state index in [1.165, 1.54) is 5.57 Å². The zero-order chi connectivity index (χ0) is 46.9. The molecule has 3 aliphatic carbocycles. The molecule has 352 valence electrons. The topological polar surface area (TPSA) is 162 Å². The lowest BCUT2D eigenvalue weighted by Gasteiger charge is -2.53. The van der Waals surface area contributed by atoms with Crippen molar-refractivity contribution in [3.05, 3.63) is 124 Å². The van der Waals surface area contributed by atoms with Crippen molar-refractivity contribution in [3.8, 4) is 0 Å². The van der Waals surface area contributed by atoms with Crippen LogP contribution in [-0.4, -0.2) is 83.7 Å². The Morgan fingerprint density at radius 1 is 0.879 bits per heavy atom. The van der Waals surface area contributed by atoms with E-state index in [2.05, 4.69) is 37.5 Å². The SMILES string of the molecule is CC(C)(C)OC(=O)CCC(CO)NC(=O)CCNC(=O)C1=CC2OC(c3ccccc3)(c3ccccc3)OC2C(OC(=O)c2ccccc2C=C2CCC3OC3(C)CCC3C2CC3(C)C)C1. The van der Waals surface area contributed by atoms with Gasteiger partial charge in [-0.15, -0.1) is 0 Å². The summed E-state index contributed by atoms with van der Waals surface area (Å²) in [4.78, 5) is 53.8. The molecule has 3 N–H and O–H groups in total. The van der Waals surface area contributed by atoms with E-state index in [4.69, 9.17) is 23.7 Å². The van der Waals surface area contributed by atoms with Crippen LogP contribution < -0.4 is 10.6 Å². The molecule has 2 amide bonds. The Labute approximate surface area is 388 Å². The van der Waals surface area contributed by atoms with Crippen molar-refractivity contribution >= 4 is 29.8 Å². The summed E-state index contributed by atoms with van der Waals surface area (Å²) in [6.45, 7) is 11.9. The smallest absolute Gasteiger partial charge is 0.339 e. The summed E-state index contributed by atoms with van der Waals surface area (Å²) in [7, 11) is 0. The molecule has 12 heteroatoms. The molecule has 2 saturated heterocycles. The van der Waals surface area contributed by atoms with Crippen LogP contribution in [0.4, 0.5) is 0 Å². The van der Waals surface area contributed by atoms with Crippen molar-refractivity contribution in [2.24, 2.45) is 17.3 Å². The number of ether oxygens (including phenoxy) is 5. The summed E-state index contributed by atoms with van der Waals surface area (Å²) in [6.07, 6.45) is 7.04. The summed E-state index contributed by atoms with van der Waals surface area (Å²) < 4.78 is 31.9. The van der Waals surface area contributed by atoms with Crippen LogP contribution in [0.5, 0.6) is 0 Å². The third-order valence-corrected chi connectivity index (χ3v) is 14.2. The first kappa shape index (κ1) is 47.4. The monoisotopic (exact) mass is 902 g/mol. The van der Waals surface area contributed by atoms with Crippen LogP contribution in [0.15, 0.2) is 102 Å². The number of fused-ring (bicyclic) bond motifs is 3. The van der Waals surface area contributed by atoms with E-state index in [1.54, 1.807) is 32.9 Å². The second kappa shape index (κ2) is 19.2. The number of aliphatic hydroxyl groups is 1. The normalized spacial score (nSPS) is 28.3. The first-order chi connectivity index (χ1) is 31.5. The molecule has 5 aliphatic rings. The van der Waals surface area contributed by atoms with Crippen LogP contribution in [0, 0.1) is 17.3 Å². The molecule has 2 saturated carbocycles. The highest BCUT2D eigenvalue weighted by molar-refractivity contribution is 5.95. The van der Waals surface area contributed by atoms with Gasteiger partial charge in [0.25, 0.3) is 0 Å². The van der Waals surface area contributed by atoms with Gasteiger partial charge >= 0.3 is 11.9 Å². The molecule has 8 unspecified atom stereocenters. The fourth-order valence-corrected chi connectivity index (χ4v) is 10.6. The summed E-state index contributed by atoms with van der Waals surface area (Å²) in [5, 5.41) is 15.5. The predicted octanol–water partition coefficient (Wildman–Crippen LogP) is 8.11. The highest BCUT2D eigenvalue weighted by Gasteiger charge is 2.57. The molecule has 8 rings (SSSR count). The number of carbonyl (C=O) groups is 4. The maximum atomic E-state index is 14.6. The maximum absolute atomic E-state index is 14.6. The Morgan fingerprint density at radius 3 is 2.23 bits per heavy atom. The first-order valence-corrected chi connectivity index (χ1v) is 23.7. The van der Waals surface area contributed by atoms with E-state index in [-0.39, 0.29) is 56.0 Å². The number of amides is 2. The van der Waals surface area contributed by atoms with Crippen molar-refractivity contribution in [1.82, 2.24) is 10.6 Å². The Kier molecular flexibility index (Phi) is 13.8. The third kappa shape index (κ3) is 10.5. The number of nitrogens with one attached hydrogen (secondary N) is 2. The Morgan fingerprint density at radius 2 is 1.56 bits per heavy atom. The molecule has 0 radical (unpaired) electrons. The van der Waals surface area contributed by atoms with Crippen LogP contribution in [-0.2, 0) is 43.9 Å². The molecule has 12 nitrogen and oxygen atoms in total. The molecule has 8 atom stereocenters. The predicted molar refractivity (Wildman–Crippen MR) is 249 cm³/mol. The van der Waals surface area contributed by atoms with Gasteiger partial charge in [-0.1, -0.05) is 104 Å². The number of carbonyl (C=O) groups excluding carboxylic acids is 4. The quantitative estimate of drug-likeness (QED) is 0.107. The van der Waals surface area contributed by atoms with Crippen molar-refractivity contribution in [1.29, 1.82) is 0 Å². The Bertz CT molecular complexity index is 2280. The first-order valence-electron chi connectivity index (χ1n) is 23.7. The molecule has 2 heterocycles. The standard InChI is InChI=1S/C54H66N2O10/c1-51(2,3)65-47(59)24-22-39(33-57)56-46(58)26-28-55-49(60)36-30-43(48-44(31-36)63-54(66-48,37-16-9-7-10-17-37)38-18-11-8-12-19-38)62-50(61)40-20-14-13-15-34(40)29-35-21-23-45-53(6,64-45)27-25-42-41(35)32-52(42,4)5/h7-20,29,31,39,41-45,48,57H,21-28,30,32-33H2,1-6H3,(H,55,60)(H,56,58). The minimum Gasteiger partial charge on any atom is -0.460 e. The van der Waals surface area contributed by atoms with Gasteiger partial charge in [-0.2, -0.15) is 0 Å². The van der Waals surface area contributed by atoms with Gasteiger partial charge in [0.15, 0.2) is 0 Å². The van der Waals surface area contributed by atoms with Gasteiger partial charge in [-0.3, -0.25) is 14.4 Å². The molecule has 0 bridgehead atoms. The number of allylic oxidation sites excluding steroid dienone is 1. The van der Waals surface area contributed by atoms with Crippen molar-refractivity contribution in [3.63, 3.8) is 0 Å². The van der Waals surface area contributed by atoms with Gasteiger partial charge in [0.05, 0.1) is 29.9 Å². The number of aliphatic hydroxyl groups excluding tert-OH is 1. The lowest BCUT2D eigenvalue weighted by molar-refractivity contribution is -0.157. The van der Waals surface area contributed by atoms with Crippen LogP contribution in [0.25, 0.3) is 6.08 Å². The van der Waals surface area contributed by atoms with E-state index in [0.29, 0.717) is 23.0 Å². The van der Waals surface area contributed by atoms with Gasteiger partial charge in [-0.25, -0.2) is 4.79 Å². The second-order valence-corrected chi connectivity index (χ2v) is 20.6. The lowest BCUT2D eigenvalue weighted by Crippen LogP contribution is -2.45. The number of hydrogen-bond acceptors (Lipinski definition) is 10. The zero-order valence-corrected chi connectivity index (χ0v) is 39.2. The third-order valence-electron chi connectivity index (χ3n) is 14.2. The fraction of sp³-hybridized carbons (Fsp3) is 0.519. The molecule has 3 aromatic carbocycles. The number of epoxide rings is 1. The largest absolute Gasteiger partial charge is 0.460 e. The van der Waals surface area contributed by atoms with Gasteiger partial charge in [0, 0.05) is 42.5 Å². The zero-order valence-electron chi connectivity index (χ0n) is 39.2. The van der Waals surface area contributed by atoms with E-state index < -0.39 is 59.5 Å². The minimum absolute atomic E-state index is 0.00666. The maximum Gasteiger partial charge on any atom is 0.339 e. The van der Waals surface area contributed by atoms with E-state index in [0.717, 1.165) is 48.8 Å².